The van der Waals surface area contributed by atoms with E-state index in [4.69, 9.17) is 19.9 Å². The lowest BCUT2D eigenvalue weighted by atomic mass is 9.92. The Hall–Kier alpha value is -9.92. The van der Waals surface area contributed by atoms with Gasteiger partial charge in [-0.2, -0.15) is 0 Å². The molecule has 356 valence electrons. The highest BCUT2D eigenvalue weighted by Gasteiger charge is 2.26. The molecule has 0 bridgehead atoms. The topological polar surface area (TPSA) is 78.4 Å². The van der Waals surface area contributed by atoms with E-state index < -0.39 is 0 Å². The van der Waals surface area contributed by atoms with Crippen LogP contribution in [-0.2, 0) is 0 Å². The number of hydrogen-bond acceptors (Lipinski definition) is 5. The molecule has 75 heavy (non-hydrogen) atoms. The van der Waals surface area contributed by atoms with Crippen molar-refractivity contribution in [3.8, 4) is 62.2 Å². The molecule has 8 heteroatoms. The standard InChI is InChI=1S/C67H48N8/c1-3-20-49-43(2)73(59-30-13-10-25-50(49)59)47-33-35-62-55(41-47)56-42-48(74-60-31-14-11-26-51(60)52-27-12-15-32-61(52)74)34-36-63(56)75(62)64-53(44-21-6-4-7-22-44)39-46(40-54(64)45-23-8-5-9-24-45)65-70-66(57-28-16-18-37-68-57)72-67(71-65)58-29-17-19-38-69-58/h3-42,57,68H,1-2H3/b20-3-. The molecule has 0 fully saturated rings. The Labute approximate surface area is 433 Å². The summed E-state index contributed by atoms with van der Waals surface area (Å²) in [7, 11) is 0. The summed E-state index contributed by atoms with van der Waals surface area (Å²) >= 11 is 0. The fourth-order valence-corrected chi connectivity index (χ4v) is 11.4. The molecule has 1 unspecified atom stereocenters. The predicted octanol–water partition coefficient (Wildman–Crippen LogP) is 16.1. The highest BCUT2D eigenvalue weighted by atomic mass is 15.1. The third kappa shape index (κ3) is 7.29. The van der Waals surface area contributed by atoms with Crippen LogP contribution in [0.2, 0.25) is 0 Å². The third-order valence-corrected chi connectivity index (χ3v) is 14.7. The molecule has 5 aromatic heterocycles. The van der Waals surface area contributed by atoms with Gasteiger partial charge in [-0.3, -0.25) is 4.98 Å². The van der Waals surface area contributed by atoms with Crippen LogP contribution in [0.1, 0.15) is 30.0 Å². The highest BCUT2D eigenvalue weighted by molar-refractivity contribution is 6.14. The number of pyridine rings is 1. The fraction of sp³-hybridized carbons (Fsp3) is 0.0448. The second-order valence-corrected chi connectivity index (χ2v) is 19.1. The lowest BCUT2D eigenvalue weighted by Gasteiger charge is -2.21. The Balaban J connectivity index is 1.09. The number of hydrogen-bond donors (Lipinski definition) is 1. The van der Waals surface area contributed by atoms with E-state index in [0.29, 0.717) is 23.2 Å². The lowest BCUT2D eigenvalue weighted by Crippen LogP contribution is -2.19. The largest absolute Gasteiger partial charge is 0.378 e. The van der Waals surface area contributed by atoms with Crippen molar-refractivity contribution in [2.24, 2.45) is 0 Å². The normalized spacial score (nSPS) is 13.5. The minimum Gasteiger partial charge on any atom is -0.378 e. The molecule has 1 N–H and O–H groups in total. The van der Waals surface area contributed by atoms with Crippen LogP contribution in [-0.4, -0.2) is 33.6 Å². The molecule has 6 heterocycles. The van der Waals surface area contributed by atoms with E-state index in [2.05, 4.69) is 233 Å². The Morgan fingerprint density at radius 3 is 1.60 bits per heavy atom. The number of aromatic nitrogens is 7. The van der Waals surface area contributed by atoms with E-state index in [1.165, 1.54) is 44.0 Å². The van der Waals surface area contributed by atoms with Crippen LogP contribution in [0.4, 0.5) is 0 Å². The van der Waals surface area contributed by atoms with Crippen LogP contribution >= 0.6 is 0 Å². The van der Waals surface area contributed by atoms with Gasteiger partial charge in [0.15, 0.2) is 17.5 Å². The van der Waals surface area contributed by atoms with Crippen molar-refractivity contribution in [1.29, 1.82) is 0 Å². The summed E-state index contributed by atoms with van der Waals surface area (Å²) in [6.45, 7) is 4.32. The Kier molecular flexibility index (Phi) is 10.5. The number of nitrogens with zero attached hydrogens (tertiary/aromatic N) is 7. The zero-order chi connectivity index (χ0) is 50.0. The summed E-state index contributed by atoms with van der Waals surface area (Å²) in [5.41, 5.74) is 17.1. The molecule has 8 nitrogen and oxygen atoms in total. The Morgan fingerprint density at radius 1 is 0.467 bits per heavy atom. The molecular weight excluding hydrogens is 917 g/mol. The van der Waals surface area contributed by atoms with Gasteiger partial charge < -0.3 is 19.0 Å². The monoisotopic (exact) mass is 964 g/mol. The third-order valence-electron chi connectivity index (χ3n) is 14.7. The van der Waals surface area contributed by atoms with Gasteiger partial charge in [0.25, 0.3) is 0 Å². The smallest absolute Gasteiger partial charge is 0.182 e. The number of rotatable bonds is 9. The molecular formula is C67H48N8. The van der Waals surface area contributed by atoms with E-state index in [9.17, 15) is 0 Å². The number of para-hydroxylation sites is 3. The molecule has 14 rings (SSSR count). The van der Waals surface area contributed by atoms with Crippen molar-refractivity contribution < 1.29 is 0 Å². The van der Waals surface area contributed by atoms with E-state index in [1.807, 2.05) is 36.6 Å². The minimum absolute atomic E-state index is 0.251. The Morgan fingerprint density at radius 2 is 1.01 bits per heavy atom. The van der Waals surface area contributed by atoms with Crippen LogP contribution in [0.25, 0.3) is 123 Å². The minimum atomic E-state index is -0.251. The number of allylic oxidation sites excluding steroid dienone is 3. The molecule has 0 saturated carbocycles. The van der Waals surface area contributed by atoms with E-state index in [0.717, 1.165) is 66.7 Å². The van der Waals surface area contributed by atoms with Crippen LogP contribution in [0.3, 0.4) is 0 Å². The van der Waals surface area contributed by atoms with Crippen molar-refractivity contribution in [2.45, 2.75) is 19.9 Å². The van der Waals surface area contributed by atoms with Gasteiger partial charge in [-0.25, -0.2) is 15.0 Å². The van der Waals surface area contributed by atoms with Gasteiger partial charge in [-0.05, 0) is 116 Å². The first-order valence-electron chi connectivity index (χ1n) is 25.5. The molecule has 0 saturated heterocycles. The van der Waals surface area contributed by atoms with Crippen molar-refractivity contribution in [2.75, 3.05) is 0 Å². The first-order chi connectivity index (χ1) is 37.1. The number of fused-ring (bicyclic) bond motifs is 7. The highest BCUT2D eigenvalue weighted by Crippen LogP contribution is 2.45. The fourth-order valence-electron chi connectivity index (χ4n) is 11.4. The van der Waals surface area contributed by atoms with Gasteiger partial charge in [-0.1, -0.05) is 146 Å². The van der Waals surface area contributed by atoms with E-state index >= 15 is 0 Å². The average Bonchev–Trinajstić information content (AvgIpc) is 4.15. The van der Waals surface area contributed by atoms with Crippen molar-refractivity contribution in [3.05, 3.63) is 254 Å². The van der Waals surface area contributed by atoms with Crippen molar-refractivity contribution >= 4 is 60.6 Å². The molecule has 0 spiro atoms. The molecule has 0 radical (unpaired) electrons. The summed E-state index contributed by atoms with van der Waals surface area (Å²) in [6, 6.07) is 71.7. The molecule has 13 aromatic rings. The SMILES string of the molecule is C/C=C\c1c(C)n(-c2ccc3c(c2)c2cc(-n4c5ccccc5c5ccccc54)ccc2n3-c2c(-c3ccccc3)cc(-c3nc(-c4ccccn4)nc(C4C=CC=CN4)n3)cc2-c2ccccc2)c2ccccc12. The summed E-state index contributed by atoms with van der Waals surface area (Å²) in [5, 5.41) is 9.40. The summed E-state index contributed by atoms with van der Waals surface area (Å²) in [6.07, 6.45) is 14.1. The van der Waals surface area contributed by atoms with Crippen molar-refractivity contribution in [1.82, 2.24) is 39.0 Å². The zero-order valence-corrected chi connectivity index (χ0v) is 41.3. The second-order valence-electron chi connectivity index (χ2n) is 19.1. The quantitative estimate of drug-likeness (QED) is 0.156. The summed E-state index contributed by atoms with van der Waals surface area (Å²) in [5.74, 6) is 1.67. The molecule has 0 aliphatic carbocycles. The van der Waals surface area contributed by atoms with Gasteiger partial charge in [0.05, 0.1) is 33.3 Å². The number of dihydropyridines is 1. The van der Waals surface area contributed by atoms with Crippen LogP contribution in [0.15, 0.2) is 237 Å². The number of benzene rings is 8. The van der Waals surface area contributed by atoms with Gasteiger partial charge in [-0.15, -0.1) is 0 Å². The zero-order valence-electron chi connectivity index (χ0n) is 41.3. The van der Waals surface area contributed by atoms with E-state index in [-0.39, 0.29) is 6.04 Å². The first kappa shape index (κ1) is 43.8. The molecule has 8 aromatic carbocycles. The molecule has 1 atom stereocenters. The summed E-state index contributed by atoms with van der Waals surface area (Å²) < 4.78 is 7.33. The first-order valence-corrected chi connectivity index (χ1v) is 25.5. The summed E-state index contributed by atoms with van der Waals surface area (Å²) in [4.78, 5) is 20.2. The predicted molar refractivity (Wildman–Crippen MR) is 308 cm³/mol. The lowest BCUT2D eigenvalue weighted by molar-refractivity contribution is 0.687. The second kappa shape index (κ2) is 18.0. The number of nitrogens with one attached hydrogen (secondary N) is 1. The maximum atomic E-state index is 5.26. The van der Waals surface area contributed by atoms with Crippen molar-refractivity contribution in [3.63, 3.8) is 0 Å². The maximum absolute atomic E-state index is 5.26. The Bertz CT molecular complexity index is 4350. The van der Waals surface area contributed by atoms with Crippen LogP contribution < -0.4 is 5.32 Å². The molecule has 0 amide bonds. The van der Waals surface area contributed by atoms with Gasteiger partial charge in [0, 0.05) is 72.5 Å². The average molecular weight is 965 g/mol. The molecule has 1 aliphatic heterocycles. The van der Waals surface area contributed by atoms with Crippen LogP contribution in [0, 0.1) is 6.92 Å². The maximum Gasteiger partial charge on any atom is 0.182 e. The van der Waals surface area contributed by atoms with Crippen LogP contribution in [0.5, 0.6) is 0 Å². The molecule has 1 aliphatic rings. The van der Waals surface area contributed by atoms with Gasteiger partial charge in [0.2, 0.25) is 0 Å². The van der Waals surface area contributed by atoms with Gasteiger partial charge in [0.1, 0.15) is 11.7 Å². The van der Waals surface area contributed by atoms with Gasteiger partial charge >= 0.3 is 0 Å². The van der Waals surface area contributed by atoms with E-state index in [1.54, 1.807) is 6.20 Å².